The molecule has 0 aliphatic heterocycles. The van der Waals surface area contributed by atoms with Gasteiger partial charge in [-0.25, -0.2) is 8.42 Å². The second-order valence-corrected chi connectivity index (χ2v) is 6.20. The van der Waals surface area contributed by atoms with Gasteiger partial charge in [0.25, 0.3) is 0 Å². The fourth-order valence-electron chi connectivity index (χ4n) is 1.43. The minimum absolute atomic E-state index is 0.0234. The summed E-state index contributed by atoms with van der Waals surface area (Å²) in [6, 6.07) is 7.63. The van der Waals surface area contributed by atoms with Crippen molar-refractivity contribution in [2.75, 3.05) is 5.75 Å². The molecule has 0 heterocycles. The van der Waals surface area contributed by atoms with Crippen molar-refractivity contribution in [3.8, 4) is 12.3 Å². The highest BCUT2D eigenvalue weighted by Gasteiger charge is 2.10. The van der Waals surface area contributed by atoms with Crippen LogP contribution < -0.4 is 0 Å². The van der Waals surface area contributed by atoms with E-state index in [0.717, 1.165) is 5.56 Å². The summed E-state index contributed by atoms with van der Waals surface area (Å²) in [6.45, 7) is 4.20. The van der Waals surface area contributed by atoms with Gasteiger partial charge in [-0.2, -0.15) is 0 Å². The quantitative estimate of drug-likeness (QED) is 0.752. The molecule has 0 spiro atoms. The summed E-state index contributed by atoms with van der Waals surface area (Å²) in [5, 5.41) is 0. The second kappa shape index (κ2) is 5.18. The van der Waals surface area contributed by atoms with E-state index in [1.807, 2.05) is 24.3 Å². The van der Waals surface area contributed by atoms with Crippen molar-refractivity contribution in [3.63, 3.8) is 0 Å². The van der Waals surface area contributed by atoms with E-state index in [4.69, 9.17) is 6.42 Å². The van der Waals surface area contributed by atoms with Crippen LogP contribution in [0.4, 0.5) is 0 Å². The maximum atomic E-state index is 11.5. The van der Waals surface area contributed by atoms with Crippen LogP contribution in [-0.2, 0) is 15.6 Å². The maximum Gasteiger partial charge on any atom is 0.165 e. The van der Waals surface area contributed by atoms with Gasteiger partial charge in [-0.15, -0.1) is 6.42 Å². The summed E-state index contributed by atoms with van der Waals surface area (Å²) >= 11 is 0. The number of hydrogen-bond acceptors (Lipinski definition) is 2. The van der Waals surface area contributed by atoms with E-state index in [-0.39, 0.29) is 11.5 Å². The zero-order valence-electron chi connectivity index (χ0n) is 9.60. The molecule has 0 saturated heterocycles. The maximum absolute atomic E-state index is 11.5. The molecule has 1 aromatic carbocycles. The van der Waals surface area contributed by atoms with Crippen LogP contribution in [0.25, 0.3) is 0 Å². The van der Waals surface area contributed by atoms with E-state index in [0.29, 0.717) is 5.92 Å². The molecule has 0 N–H and O–H groups in total. The predicted molar refractivity (Wildman–Crippen MR) is 66.9 cm³/mol. The molecule has 0 unspecified atom stereocenters. The molecule has 0 bridgehead atoms. The molecule has 0 aliphatic carbocycles. The van der Waals surface area contributed by atoms with Crippen LogP contribution in [0, 0.1) is 12.3 Å². The van der Waals surface area contributed by atoms with E-state index >= 15 is 0 Å². The molecule has 86 valence electrons. The van der Waals surface area contributed by atoms with Gasteiger partial charge in [-0.3, -0.25) is 0 Å². The highest BCUT2D eigenvalue weighted by Crippen LogP contribution is 2.16. The summed E-state index contributed by atoms with van der Waals surface area (Å²) in [6.07, 6.45) is 5.00. The monoisotopic (exact) mass is 236 g/mol. The predicted octanol–water partition coefficient (Wildman–Crippen LogP) is 2.36. The Hall–Kier alpha value is -1.27. The topological polar surface area (TPSA) is 34.1 Å². The molecule has 0 fully saturated rings. The van der Waals surface area contributed by atoms with Crippen molar-refractivity contribution in [2.24, 2.45) is 0 Å². The fraction of sp³-hybridized carbons (Fsp3) is 0.385. The number of hydrogen-bond donors (Lipinski definition) is 0. The van der Waals surface area contributed by atoms with Crippen LogP contribution in [0.2, 0.25) is 0 Å². The van der Waals surface area contributed by atoms with Crippen molar-refractivity contribution < 1.29 is 8.42 Å². The molecule has 1 rings (SSSR count). The van der Waals surface area contributed by atoms with E-state index in [9.17, 15) is 8.42 Å². The van der Waals surface area contributed by atoms with Gasteiger partial charge in [-0.1, -0.05) is 44.0 Å². The van der Waals surface area contributed by atoms with Gasteiger partial charge in [0.15, 0.2) is 9.84 Å². The zero-order valence-corrected chi connectivity index (χ0v) is 10.4. The Balaban J connectivity index is 2.81. The Kier molecular flexibility index (Phi) is 4.14. The first-order valence-electron chi connectivity index (χ1n) is 5.17. The second-order valence-electron chi connectivity index (χ2n) is 4.13. The van der Waals surface area contributed by atoms with Crippen molar-refractivity contribution in [3.05, 3.63) is 35.4 Å². The molecular weight excluding hydrogens is 220 g/mol. The van der Waals surface area contributed by atoms with Gasteiger partial charge in [0.05, 0.1) is 5.75 Å². The number of terminal acetylenes is 1. The Morgan fingerprint density at radius 1 is 1.25 bits per heavy atom. The van der Waals surface area contributed by atoms with Gasteiger partial charge in [0, 0.05) is 0 Å². The van der Waals surface area contributed by atoms with Gasteiger partial charge in [-0.05, 0) is 17.0 Å². The van der Waals surface area contributed by atoms with Gasteiger partial charge >= 0.3 is 0 Å². The molecule has 0 aliphatic rings. The van der Waals surface area contributed by atoms with Gasteiger partial charge < -0.3 is 0 Å². The zero-order chi connectivity index (χ0) is 12.2. The molecule has 16 heavy (non-hydrogen) atoms. The van der Waals surface area contributed by atoms with E-state index < -0.39 is 9.84 Å². The lowest BCUT2D eigenvalue weighted by molar-refractivity contribution is 0.598. The summed E-state index contributed by atoms with van der Waals surface area (Å²) in [5.74, 6) is 2.45. The smallest absolute Gasteiger partial charge is 0.165 e. The summed E-state index contributed by atoms with van der Waals surface area (Å²) < 4.78 is 23.0. The molecule has 0 radical (unpaired) electrons. The van der Waals surface area contributed by atoms with Crippen LogP contribution in [0.1, 0.15) is 30.9 Å². The van der Waals surface area contributed by atoms with E-state index in [1.165, 1.54) is 5.56 Å². The molecule has 0 amide bonds. The molecule has 2 nitrogen and oxygen atoms in total. The van der Waals surface area contributed by atoms with Crippen LogP contribution >= 0.6 is 0 Å². The van der Waals surface area contributed by atoms with Crippen molar-refractivity contribution in [1.29, 1.82) is 0 Å². The third kappa shape index (κ3) is 3.71. The van der Waals surface area contributed by atoms with Gasteiger partial charge in [0.2, 0.25) is 0 Å². The molecule has 0 aromatic heterocycles. The average Bonchev–Trinajstić information content (AvgIpc) is 2.17. The lowest BCUT2D eigenvalue weighted by atomic mass is 10.0. The standard InChI is InChI=1S/C13H16O2S/c1-4-9-16(14,15)10-12-5-7-13(8-6-12)11(2)3/h1,5-8,11H,9-10H2,2-3H3. The number of sulfone groups is 1. The largest absolute Gasteiger partial charge is 0.228 e. The average molecular weight is 236 g/mol. The molecule has 0 saturated carbocycles. The van der Waals surface area contributed by atoms with Crippen molar-refractivity contribution >= 4 is 9.84 Å². The van der Waals surface area contributed by atoms with Crippen LogP contribution in [0.5, 0.6) is 0 Å². The number of benzene rings is 1. The van der Waals surface area contributed by atoms with E-state index in [2.05, 4.69) is 19.8 Å². The molecule has 1 aromatic rings. The van der Waals surface area contributed by atoms with Crippen molar-refractivity contribution in [2.45, 2.75) is 25.5 Å². The lowest BCUT2D eigenvalue weighted by Crippen LogP contribution is -2.07. The first-order valence-corrected chi connectivity index (χ1v) is 6.99. The lowest BCUT2D eigenvalue weighted by Gasteiger charge is -2.06. The SMILES string of the molecule is C#CCS(=O)(=O)Cc1ccc(C(C)C)cc1. The Labute approximate surface area is 97.6 Å². The normalized spacial score (nSPS) is 11.4. The minimum atomic E-state index is -3.15. The Bertz CT molecular complexity index is 476. The van der Waals surface area contributed by atoms with Gasteiger partial charge in [0.1, 0.15) is 5.75 Å². The summed E-state index contributed by atoms with van der Waals surface area (Å²) in [7, 11) is -3.15. The van der Waals surface area contributed by atoms with Crippen LogP contribution in [0.3, 0.4) is 0 Å². The van der Waals surface area contributed by atoms with Crippen molar-refractivity contribution in [1.82, 2.24) is 0 Å². The molecular formula is C13H16O2S. The highest BCUT2D eigenvalue weighted by atomic mass is 32.2. The van der Waals surface area contributed by atoms with Crippen LogP contribution in [-0.4, -0.2) is 14.2 Å². The molecule has 0 atom stereocenters. The fourth-order valence-corrected chi connectivity index (χ4v) is 2.49. The Morgan fingerprint density at radius 2 is 1.81 bits per heavy atom. The Morgan fingerprint density at radius 3 is 2.25 bits per heavy atom. The first-order chi connectivity index (χ1) is 7.44. The summed E-state index contributed by atoms with van der Waals surface area (Å²) in [5.41, 5.74) is 2.00. The minimum Gasteiger partial charge on any atom is -0.228 e. The third-order valence-corrected chi connectivity index (χ3v) is 3.72. The first kappa shape index (κ1) is 12.8. The molecule has 3 heteroatoms. The van der Waals surface area contributed by atoms with E-state index in [1.54, 1.807) is 0 Å². The van der Waals surface area contributed by atoms with Crippen LogP contribution in [0.15, 0.2) is 24.3 Å². The highest BCUT2D eigenvalue weighted by molar-refractivity contribution is 7.90. The third-order valence-electron chi connectivity index (χ3n) is 2.34. The number of rotatable bonds is 4. The summed E-state index contributed by atoms with van der Waals surface area (Å²) in [4.78, 5) is 0.